The van der Waals surface area contributed by atoms with Crippen LogP contribution in [0.25, 0.3) is 0 Å². The van der Waals surface area contributed by atoms with Gasteiger partial charge in [-0.25, -0.2) is 4.79 Å². The second-order valence-electron chi connectivity index (χ2n) is 7.44. The van der Waals surface area contributed by atoms with Crippen LogP contribution >= 0.6 is 0 Å². The minimum atomic E-state index is -0.462. The van der Waals surface area contributed by atoms with E-state index in [0.717, 1.165) is 6.08 Å². The number of esters is 2. The molecule has 0 saturated carbocycles. The van der Waals surface area contributed by atoms with Crippen molar-refractivity contribution < 1.29 is 61.7 Å². The Morgan fingerprint density at radius 3 is 1.03 bits per heavy atom. The summed E-state index contributed by atoms with van der Waals surface area (Å²) in [6, 6.07) is 0. The first-order chi connectivity index (χ1) is 19.2. The summed E-state index contributed by atoms with van der Waals surface area (Å²) in [4.78, 5) is 21.9. The van der Waals surface area contributed by atoms with Crippen LogP contribution < -0.4 is 0 Å². The monoisotopic (exact) mass is 568 g/mol. The normalized spacial score (nSPS) is 11.0. The zero-order chi connectivity index (χ0) is 28.5. The second-order valence-corrected chi connectivity index (χ2v) is 7.44. The molecule has 0 N–H and O–H groups in total. The highest BCUT2D eigenvalue weighted by Crippen LogP contribution is 1.89. The Morgan fingerprint density at radius 1 is 0.462 bits per heavy atom. The summed E-state index contributed by atoms with van der Waals surface area (Å²) < 4.78 is 58.0. The number of carbonyl (C=O) groups excluding carboxylic acids is 2. The van der Waals surface area contributed by atoms with Crippen LogP contribution in [0.5, 0.6) is 0 Å². The van der Waals surface area contributed by atoms with Crippen molar-refractivity contribution in [2.24, 2.45) is 0 Å². The van der Waals surface area contributed by atoms with Gasteiger partial charge in [0.2, 0.25) is 0 Å². The molecule has 230 valence electrons. The predicted molar refractivity (Wildman–Crippen MR) is 140 cm³/mol. The Morgan fingerprint density at radius 2 is 0.744 bits per heavy atom. The van der Waals surface area contributed by atoms with E-state index in [1.807, 2.05) is 0 Å². The quantitative estimate of drug-likeness (QED) is 0.0644. The minimum absolute atomic E-state index is 0.196. The van der Waals surface area contributed by atoms with Crippen LogP contribution in [0.4, 0.5) is 0 Å². The van der Waals surface area contributed by atoms with Crippen LogP contribution in [-0.4, -0.2) is 144 Å². The number of ether oxygens (including phenoxy) is 11. The number of carbonyl (C=O) groups is 2. The van der Waals surface area contributed by atoms with Gasteiger partial charge in [-0.05, 0) is 6.92 Å². The molecule has 0 heterocycles. The van der Waals surface area contributed by atoms with Crippen molar-refractivity contribution in [2.45, 2.75) is 13.3 Å². The van der Waals surface area contributed by atoms with Gasteiger partial charge in [0, 0.05) is 6.08 Å². The molecule has 0 bridgehead atoms. The smallest absolute Gasteiger partial charge is 0.330 e. The fraction of sp³-hybridized carbons (Fsp3) is 0.846. The lowest BCUT2D eigenvalue weighted by Crippen LogP contribution is -2.15. The zero-order valence-electron chi connectivity index (χ0n) is 23.4. The van der Waals surface area contributed by atoms with Gasteiger partial charge in [-0.2, -0.15) is 0 Å². The van der Waals surface area contributed by atoms with Crippen molar-refractivity contribution in [3.05, 3.63) is 12.7 Å². The molecular weight excluding hydrogens is 520 g/mol. The van der Waals surface area contributed by atoms with Crippen molar-refractivity contribution in [3.63, 3.8) is 0 Å². The second kappa shape index (κ2) is 32.5. The lowest BCUT2D eigenvalue weighted by Gasteiger charge is -2.09. The van der Waals surface area contributed by atoms with E-state index in [1.165, 1.54) is 0 Å². The van der Waals surface area contributed by atoms with E-state index in [0.29, 0.717) is 126 Å². The van der Waals surface area contributed by atoms with E-state index in [1.54, 1.807) is 6.92 Å². The largest absolute Gasteiger partial charge is 0.466 e. The van der Waals surface area contributed by atoms with Gasteiger partial charge in [0.1, 0.15) is 6.61 Å². The molecule has 0 aliphatic heterocycles. The van der Waals surface area contributed by atoms with Crippen LogP contribution in [0.15, 0.2) is 12.7 Å². The van der Waals surface area contributed by atoms with Gasteiger partial charge in [0.25, 0.3) is 0 Å². The average molecular weight is 569 g/mol. The average Bonchev–Trinajstić information content (AvgIpc) is 2.94. The summed E-state index contributed by atoms with van der Waals surface area (Å²) in [7, 11) is 0. The van der Waals surface area contributed by atoms with Crippen LogP contribution in [0.2, 0.25) is 0 Å². The molecule has 0 spiro atoms. The van der Waals surface area contributed by atoms with Crippen molar-refractivity contribution in [1.82, 2.24) is 0 Å². The zero-order valence-corrected chi connectivity index (χ0v) is 23.4. The number of hydrogen-bond acceptors (Lipinski definition) is 13. The summed E-state index contributed by atoms with van der Waals surface area (Å²) in [5, 5.41) is 0. The number of rotatable bonds is 32. The molecule has 0 atom stereocenters. The molecule has 0 amide bonds. The first-order valence-electron chi connectivity index (χ1n) is 13.3. The van der Waals surface area contributed by atoms with Crippen LogP contribution in [0.1, 0.15) is 13.3 Å². The molecule has 0 rings (SSSR count). The van der Waals surface area contributed by atoms with Crippen molar-refractivity contribution in [1.29, 1.82) is 0 Å². The Bertz CT molecular complexity index is 548. The fourth-order valence-electron chi connectivity index (χ4n) is 2.51. The van der Waals surface area contributed by atoms with Crippen molar-refractivity contribution >= 4 is 11.9 Å². The molecule has 39 heavy (non-hydrogen) atoms. The summed E-state index contributed by atoms with van der Waals surface area (Å²) in [6.07, 6.45) is 1.36. The Hall–Kier alpha value is -1.68. The van der Waals surface area contributed by atoms with Crippen molar-refractivity contribution in [2.75, 3.05) is 132 Å². The highest BCUT2D eigenvalue weighted by molar-refractivity contribution is 5.81. The maximum Gasteiger partial charge on any atom is 0.330 e. The summed E-state index contributed by atoms with van der Waals surface area (Å²) in [5.74, 6) is -0.716. The van der Waals surface area contributed by atoms with Gasteiger partial charge in [-0.1, -0.05) is 6.58 Å². The topological polar surface area (TPSA) is 136 Å². The first-order valence-corrected chi connectivity index (χ1v) is 13.3. The van der Waals surface area contributed by atoms with Crippen LogP contribution in [-0.2, 0) is 61.7 Å². The highest BCUT2D eigenvalue weighted by atomic mass is 16.6. The molecule has 13 heteroatoms. The summed E-state index contributed by atoms with van der Waals surface area (Å²) >= 11 is 0. The van der Waals surface area contributed by atoms with Gasteiger partial charge in [0.15, 0.2) is 0 Å². The van der Waals surface area contributed by atoms with E-state index < -0.39 is 5.97 Å². The maximum absolute atomic E-state index is 11.1. The molecule has 0 aliphatic carbocycles. The van der Waals surface area contributed by atoms with E-state index >= 15 is 0 Å². The summed E-state index contributed by atoms with van der Waals surface area (Å²) in [5.41, 5.74) is 0. The van der Waals surface area contributed by atoms with Gasteiger partial charge in [0.05, 0.1) is 132 Å². The van der Waals surface area contributed by atoms with Crippen LogP contribution in [0.3, 0.4) is 0 Å². The third kappa shape index (κ3) is 32.4. The number of hydrogen-bond donors (Lipinski definition) is 0. The molecule has 0 aromatic heterocycles. The minimum Gasteiger partial charge on any atom is -0.466 e. The molecule has 0 saturated heterocycles. The standard InChI is InChI=1S/C26H48O13/c1-3-25(27)39-24-23-37-22-21-36-20-19-35-18-17-34-16-15-33-14-13-32-12-11-31-10-9-30-8-7-29-6-5-26(28)38-4-2/h3H,1,4-24H2,2H3. The third-order valence-corrected chi connectivity index (χ3v) is 4.37. The molecule has 0 aromatic rings. The summed E-state index contributed by atoms with van der Waals surface area (Å²) in [6.45, 7) is 13.8. The fourth-order valence-corrected chi connectivity index (χ4v) is 2.51. The predicted octanol–water partition coefficient (Wildman–Crippen LogP) is 0.818. The SMILES string of the molecule is C=CC(=O)OCCOCCOCCOCCOCCOCCOCCOCCOCCOCCC(=O)OCC. The molecule has 0 radical (unpaired) electrons. The van der Waals surface area contributed by atoms with Gasteiger partial charge in [-0.3, -0.25) is 4.79 Å². The van der Waals surface area contributed by atoms with E-state index in [4.69, 9.17) is 52.1 Å². The maximum atomic E-state index is 11.1. The lowest BCUT2D eigenvalue weighted by molar-refractivity contribution is -0.144. The molecule has 13 nitrogen and oxygen atoms in total. The molecule has 0 aliphatic rings. The Labute approximate surface area is 232 Å². The Kier molecular flexibility index (Phi) is 31.1. The Balaban J connectivity index is 3.07. The van der Waals surface area contributed by atoms with Crippen LogP contribution in [0, 0.1) is 0 Å². The molecule has 0 fully saturated rings. The highest BCUT2D eigenvalue weighted by Gasteiger charge is 2.01. The molecule has 0 aromatic carbocycles. The van der Waals surface area contributed by atoms with Gasteiger partial charge < -0.3 is 52.1 Å². The molecular formula is C26H48O13. The van der Waals surface area contributed by atoms with Crippen molar-refractivity contribution in [3.8, 4) is 0 Å². The van der Waals surface area contributed by atoms with Gasteiger partial charge >= 0.3 is 11.9 Å². The van der Waals surface area contributed by atoms with E-state index in [-0.39, 0.29) is 19.0 Å². The molecule has 0 unspecified atom stereocenters. The van der Waals surface area contributed by atoms with E-state index in [9.17, 15) is 9.59 Å². The third-order valence-electron chi connectivity index (χ3n) is 4.37. The van der Waals surface area contributed by atoms with E-state index in [2.05, 4.69) is 6.58 Å². The first kappa shape index (κ1) is 37.3. The van der Waals surface area contributed by atoms with Gasteiger partial charge in [-0.15, -0.1) is 0 Å². The lowest BCUT2D eigenvalue weighted by atomic mass is 10.5.